The van der Waals surface area contributed by atoms with Gasteiger partial charge in [0.1, 0.15) is 16.9 Å². The molecule has 0 aliphatic rings. The second-order valence-electron chi connectivity index (χ2n) is 8.67. The molecule has 6 aromatic rings. The van der Waals surface area contributed by atoms with Gasteiger partial charge in [0.15, 0.2) is 11.5 Å². The first-order chi connectivity index (χ1) is 19.0. The summed E-state index contributed by atoms with van der Waals surface area (Å²) in [5.74, 6) is 6.02. The van der Waals surface area contributed by atoms with Gasteiger partial charge >= 0.3 is 0 Å². The van der Waals surface area contributed by atoms with E-state index in [1.807, 2.05) is 30.3 Å². The second-order valence-corrected chi connectivity index (χ2v) is 9.56. The van der Waals surface area contributed by atoms with Crippen LogP contribution in [0.2, 0.25) is 0 Å². The van der Waals surface area contributed by atoms with E-state index in [0.29, 0.717) is 39.1 Å². The van der Waals surface area contributed by atoms with Crippen molar-refractivity contribution in [3.63, 3.8) is 0 Å². The standard InChI is InChI=1S/C29H20N6O3S/c1-17(33-29(37)24-27(30)34-35-14-6-13-32-28(24)35)26-23(18-7-3-2-4-8-18)25(36)22-19(9-5-10-21(22)38-26)11-12-20-15-31-16-39-20/h2-10,13-17H,1H3,(H2,30,34)(H,33,37)/t17-/m1/s1. The Morgan fingerprint density at radius 3 is 2.77 bits per heavy atom. The molecule has 3 N–H and O–H groups in total. The Labute approximate surface area is 226 Å². The minimum atomic E-state index is -0.699. The minimum absolute atomic E-state index is 0.0470. The van der Waals surface area contributed by atoms with Crippen molar-refractivity contribution < 1.29 is 9.21 Å². The van der Waals surface area contributed by atoms with Crippen LogP contribution in [0.1, 0.15) is 39.5 Å². The summed E-state index contributed by atoms with van der Waals surface area (Å²) >= 11 is 1.42. The number of nitrogens with zero attached hydrogens (tertiary/aromatic N) is 4. The molecule has 190 valence electrons. The maximum Gasteiger partial charge on any atom is 0.259 e. The first kappa shape index (κ1) is 24.1. The number of nitrogen functional groups attached to an aromatic ring is 1. The van der Waals surface area contributed by atoms with E-state index in [2.05, 4.69) is 32.2 Å². The normalized spacial score (nSPS) is 11.7. The fourth-order valence-electron chi connectivity index (χ4n) is 4.41. The van der Waals surface area contributed by atoms with Crippen LogP contribution in [0.5, 0.6) is 0 Å². The number of hydrogen-bond acceptors (Lipinski definition) is 8. The highest BCUT2D eigenvalue weighted by Gasteiger charge is 2.26. The Hall–Kier alpha value is -5.27. The van der Waals surface area contributed by atoms with Crippen molar-refractivity contribution in [3.8, 4) is 23.0 Å². The average molecular weight is 533 g/mol. The Morgan fingerprint density at radius 1 is 1.13 bits per heavy atom. The lowest BCUT2D eigenvalue weighted by molar-refractivity contribution is 0.0938. The molecule has 9 nitrogen and oxygen atoms in total. The van der Waals surface area contributed by atoms with Gasteiger partial charge in [-0.2, -0.15) is 0 Å². The molecule has 39 heavy (non-hydrogen) atoms. The summed E-state index contributed by atoms with van der Waals surface area (Å²) in [5, 5.41) is 7.44. The highest BCUT2D eigenvalue weighted by Crippen LogP contribution is 2.30. The maximum absolute atomic E-state index is 14.1. The molecule has 0 fully saturated rings. The van der Waals surface area contributed by atoms with Crippen molar-refractivity contribution in [3.05, 3.63) is 111 Å². The number of anilines is 1. The van der Waals surface area contributed by atoms with E-state index in [-0.39, 0.29) is 16.8 Å². The second kappa shape index (κ2) is 9.89. The molecule has 0 aliphatic heterocycles. The molecule has 0 spiro atoms. The van der Waals surface area contributed by atoms with Gasteiger partial charge in [0.25, 0.3) is 5.91 Å². The SMILES string of the molecule is C[C@@H](NC(=O)c1c(N)nn2cccnc12)c1oc2cccc(C#Cc3cncs3)c2c(=O)c1-c1ccccc1. The molecule has 1 amide bonds. The van der Waals surface area contributed by atoms with Gasteiger partial charge in [0.2, 0.25) is 5.43 Å². The van der Waals surface area contributed by atoms with Crippen LogP contribution in [0.3, 0.4) is 0 Å². The van der Waals surface area contributed by atoms with Crippen molar-refractivity contribution in [2.75, 3.05) is 5.73 Å². The number of amides is 1. The van der Waals surface area contributed by atoms with Gasteiger partial charge < -0.3 is 15.5 Å². The van der Waals surface area contributed by atoms with Crippen LogP contribution >= 0.6 is 11.3 Å². The third kappa shape index (κ3) is 4.41. The predicted octanol–water partition coefficient (Wildman–Crippen LogP) is 4.43. The lowest BCUT2D eigenvalue weighted by atomic mass is 9.97. The highest BCUT2D eigenvalue weighted by molar-refractivity contribution is 7.10. The number of benzene rings is 2. The van der Waals surface area contributed by atoms with E-state index in [0.717, 1.165) is 4.88 Å². The number of nitrogens with two attached hydrogens (primary N) is 1. The van der Waals surface area contributed by atoms with E-state index in [9.17, 15) is 9.59 Å². The third-order valence-electron chi connectivity index (χ3n) is 6.15. The van der Waals surface area contributed by atoms with Gasteiger partial charge in [0, 0.05) is 18.0 Å². The number of nitrogens with one attached hydrogen (secondary N) is 1. The number of fused-ring (bicyclic) bond motifs is 2. The molecular formula is C29H20N6O3S. The average Bonchev–Trinajstić information content (AvgIpc) is 3.59. The van der Waals surface area contributed by atoms with E-state index in [1.165, 1.54) is 15.9 Å². The monoisotopic (exact) mass is 532 g/mol. The van der Waals surface area contributed by atoms with Crippen LogP contribution in [0.25, 0.3) is 27.7 Å². The third-order valence-corrected chi connectivity index (χ3v) is 6.84. The molecule has 0 saturated carbocycles. The smallest absolute Gasteiger partial charge is 0.259 e. The number of thiazole rings is 1. The topological polar surface area (TPSA) is 128 Å². The summed E-state index contributed by atoms with van der Waals surface area (Å²) in [7, 11) is 0. The maximum atomic E-state index is 14.1. The zero-order chi connectivity index (χ0) is 26.9. The minimum Gasteiger partial charge on any atom is -0.458 e. The molecule has 0 saturated heterocycles. The number of aromatic nitrogens is 4. The molecule has 0 aliphatic carbocycles. The van der Waals surface area contributed by atoms with Crippen molar-refractivity contribution in [1.82, 2.24) is 24.9 Å². The van der Waals surface area contributed by atoms with Crippen LogP contribution in [0, 0.1) is 11.8 Å². The first-order valence-corrected chi connectivity index (χ1v) is 12.8. The molecule has 1 atom stereocenters. The Balaban J connectivity index is 1.48. The molecule has 10 heteroatoms. The molecule has 0 bridgehead atoms. The van der Waals surface area contributed by atoms with Gasteiger partial charge in [-0.05, 0) is 36.6 Å². The van der Waals surface area contributed by atoms with Crippen molar-refractivity contribution in [1.29, 1.82) is 0 Å². The Bertz CT molecular complexity index is 1970. The molecule has 4 heterocycles. The van der Waals surface area contributed by atoms with E-state index in [4.69, 9.17) is 10.2 Å². The summed E-state index contributed by atoms with van der Waals surface area (Å²) in [5.41, 5.74) is 9.88. The Kier molecular flexibility index (Phi) is 6.11. The summed E-state index contributed by atoms with van der Waals surface area (Å²) in [6.07, 6.45) is 4.89. The van der Waals surface area contributed by atoms with Crippen molar-refractivity contribution in [2.45, 2.75) is 13.0 Å². The fourth-order valence-corrected chi connectivity index (χ4v) is 4.87. The van der Waals surface area contributed by atoms with Crippen LogP contribution in [-0.2, 0) is 0 Å². The van der Waals surface area contributed by atoms with Gasteiger partial charge in [0.05, 0.1) is 33.6 Å². The zero-order valence-corrected chi connectivity index (χ0v) is 21.4. The van der Waals surface area contributed by atoms with Gasteiger partial charge in [-0.15, -0.1) is 16.4 Å². The van der Waals surface area contributed by atoms with Crippen molar-refractivity contribution >= 4 is 39.7 Å². The number of hydrogen-bond donors (Lipinski definition) is 2. The predicted molar refractivity (Wildman–Crippen MR) is 149 cm³/mol. The summed E-state index contributed by atoms with van der Waals surface area (Å²) < 4.78 is 7.78. The summed E-state index contributed by atoms with van der Waals surface area (Å²) in [4.78, 5) is 36.5. The van der Waals surface area contributed by atoms with E-state index < -0.39 is 11.9 Å². The lowest BCUT2D eigenvalue weighted by Crippen LogP contribution is -2.28. The molecule has 2 aromatic carbocycles. The summed E-state index contributed by atoms with van der Waals surface area (Å²) in [6, 6.07) is 15.5. The lowest BCUT2D eigenvalue weighted by Gasteiger charge is -2.18. The van der Waals surface area contributed by atoms with Gasteiger partial charge in [-0.3, -0.25) is 14.6 Å². The molecular weight excluding hydrogens is 512 g/mol. The van der Waals surface area contributed by atoms with Crippen LogP contribution in [-0.4, -0.2) is 25.5 Å². The Morgan fingerprint density at radius 2 is 1.97 bits per heavy atom. The molecule has 0 radical (unpaired) electrons. The van der Waals surface area contributed by atoms with E-state index in [1.54, 1.807) is 55.3 Å². The highest BCUT2D eigenvalue weighted by atomic mass is 32.1. The van der Waals surface area contributed by atoms with Gasteiger partial charge in [-0.25, -0.2) is 9.50 Å². The van der Waals surface area contributed by atoms with Gasteiger partial charge in [-0.1, -0.05) is 42.3 Å². The molecule has 6 rings (SSSR count). The summed E-state index contributed by atoms with van der Waals surface area (Å²) in [6.45, 7) is 1.75. The van der Waals surface area contributed by atoms with Crippen LogP contribution < -0.4 is 16.5 Å². The largest absolute Gasteiger partial charge is 0.458 e. The molecule has 0 unspecified atom stereocenters. The zero-order valence-electron chi connectivity index (χ0n) is 20.6. The van der Waals surface area contributed by atoms with Crippen molar-refractivity contribution in [2.24, 2.45) is 0 Å². The first-order valence-electron chi connectivity index (χ1n) is 12.0. The quantitative estimate of drug-likeness (QED) is 0.321. The number of carbonyl (C=O) groups is 1. The van der Waals surface area contributed by atoms with Crippen LogP contribution in [0.15, 0.2) is 87.9 Å². The molecule has 4 aromatic heterocycles. The fraction of sp³-hybridized carbons (Fsp3) is 0.0690. The number of rotatable bonds is 4. The van der Waals surface area contributed by atoms with Crippen LogP contribution in [0.4, 0.5) is 5.82 Å². The number of carbonyl (C=O) groups excluding carboxylic acids is 1. The van der Waals surface area contributed by atoms with E-state index >= 15 is 0 Å².